The number of aliphatic hydroxyl groups is 1. The average molecular weight is 416 g/mol. The Hall–Kier alpha value is -3.58. The molecule has 1 aliphatic heterocycles. The molecule has 3 heterocycles. The van der Waals surface area contributed by atoms with E-state index in [4.69, 9.17) is 0 Å². The van der Waals surface area contributed by atoms with Gasteiger partial charge in [0.1, 0.15) is 0 Å². The van der Waals surface area contributed by atoms with Crippen LogP contribution in [0.1, 0.15) is 27.5 Å². The molecular weight excluding hydrogens is 392 g/mol. The molecule has 1 saturated heterocycles. The van der Waals surface area contributed by atoms with Crippen molar-refractivity contribution in [1.29, 1.82) is 0 Å². The van der Waals surface area contributed by atoms with Gasteiger partial charge >= 0.3 is 0 Å². The minimum Gasteiger partial charge on any atom is -0.394 e. The highest BCUT2D eigenvalue weighted by Gasteiger charge is 2.39. The molecule has 0 saturated carbocycles. The molecule has 0 spiro atoms. The number of pyridine rings is 2. The van der Waals surface area contributed by atoms with E-state index in [-0.39, 0.29) is 37.4 Å². The van der Waals surface area contributed by atoms with Gasteiger partial charge in [-0.1, -0.05) is 36.4 Å². The molecule has 158 valence electrons. The van der Waals surface area contributed by atoms with Crippen molar-refractivity contribution in [3.05, 3.63) is 96.1 Å². The quantitative estimate of drug-likeness (QED) is 0.688. The molecule has 31 heavy (non-hydrogen) atoms. The number of aromatic nitrogens is 2. The van der Waals surface area contributed by atoms with Crippen molar-refractivity contribution >= 4 is 11.8 Å². The van der Waals surface area contributed by atoms with Crippen LogP contribution in [0.4, 0.5) is 0 Å². The van der Waals surface area contributed by atoms with Crippen LogP contribution < -0.4 is 0 Å². The zero-order chi connectivity index (χ0) is 21.6. The predicted octanol–water partition coefficient (Wildman–Crippen LogP) is 2.11. The Kier molecular flexibility index (Phi) is 6.33. The number of aliphatic hydroxyl groups excluding tert-OH is 1. The van der Waals surface area contributed by atoms with E-state index >= 15 is 0 Å². The molecule has 2 atom stereocenters. The van der Waals surface area contributed by atoms with Crippen molar-refractivity contribution in [2.45, 2.75) is 18.4 Å². The predicted molar refractivity (Wildman–Crippen MR) is 115 cm³/mol. The van der Waals surface area contributed by atoms with Crippen molar-refractivity contribution < 1.29 is 14.7 Å². The summed E-state index contributed by atoms with van der Waals surface area (Å²) in [5.74, 6) is -0.556. The van der Waals surface area contributed by atoms with Crippen LogP contribution in [-0.4, -0.2) is 62.6 Å². The van der Waals surface area contributed by atoms with Gasteiger partial charge in [0.15, 0.2) is 0 Å². The summed E-state index contributed by atoms with van der Waals surface area (Å²) in [6.07, 6.45) is 4.93. The van der Waals surface area contributed by atoms with Crippen LogP contribution in [0.5, 0.6) is 0 Å². The first-order chi connectivity index (χ1) is 15.2. The molecule has 0 aliphatic carbocycles. The number of rotatable bonds is 5. The molecule has 0 unspecified atom stereocenters. The number of hydrogen-bond acceptors (Lipinski definition) is 5. The van der Waals surface area contributed by atoms with E-state index in [2.05, 4.69) is 9.97 Å². The van der Waals surface area contributed by atoms with Crippen LogP contribution in [0, 0.1) is 0 Å². The Morgan fingerprint density at radius 1 is 0.968 bits per heavy atom. The SMILES string of the molecule is O=C(Cc1ccccn1)N1C[C@@H](c2ccccc2)[C@H](CO)N(C(=O)c2ccncc2)C1. The third kappa shape index (κ3) is 4.62. The van der Waals surface area contributed by atoms with Gasteiger partial charge in [-0.2, -0.15) is 0 Å². The van der Waals surface area contributed by atoms with Crippen LogP contribution >= 0.6 is 0 Å². The van der Waals surface area contributed by atoms with Crippen molar-refractivity contribution in [1.82, 2.24) is 19.8 Å². The van der Waals surface area contributed by atoms with Gasteiger partial charge in [-0.3, -0.25) is 19.6 Å². The normalized spacial score (nSPS) is 18.6. The molecule has 7 nitrogen and oxygen atoms in total. The molecule has 1 N–H and O–H groups in total. The van der Waals surface area contributed by atoms with E-state index in [1.807, 2.05) is 42.5 Å². The van der Waals surface area contributed by atoms with Crippen LogP contribution in [0.2, 0.25) is 0 Å². The summed E-state index contributed by atoms with van der Waals surface area (Å²) in [6, 6.07) is 18.0. The molecule has 2 amide bonds. The van der Waals surface area contributed by atoms with Gasteiger partial charge in [0, 0.05) is 42.3 Å². The Morgan fingerprint density at radius 3 is 2.39 bits per heavy atom. The van der Waals surface area contributed by atoms with Gasteiger partial charge in [-0.05, 0) is 29.8 Å². The molecule has 0 radical (unpaired) electrons. The molecule has 1 fully saturated rings. The van der Waals surface area contributed by atoms with E-state index in [1.165, 1.54) is 0 Å². The molecule has 0 bridgehead atoms. The second kappa shape index (κ2) is 9.49. The van der Waals surface area contributed by atoms with E-state index in [9.17, 15) is 14.7 Å². The lowest BCUT2D eigenvalue weighted by Gasteiger charge is -2.46. The van der Waals surface area contributed by atoms with E-state index < -0.39 is 6.04 Å². The van der Waals surface area contributed by atoms with Gasteiger partial charge in [0.2, 0.25) is 5.91 Å². The lowest BCUT2D eigenvalue weighted by Crippen LogP contribution is -2.59. The zero-order valence-electron chi connectivity index (χ0n) is 17.0. The number of carbonyl (C=O) groups excluding carboxylic acids is 2. The molecule has 1 aromatic carbocycles. The fourth-order valence-electron chi connectivity index (χ4n) is 4.00. The lowest BCUT2D eigenvalue weighted by atomic mass is 9.88. The number of hydrogen-bond donors (Lipinski definition) is 1. The van der Waals surface area contributed by atoms with Gasteiger partial charge in [0.25, 0.3) is 5.91 Å². The fraction of sp³-hybridized carbons (Fsp3) is 0.250. The minimum atomic E-state index is -0.443. The summed E-state index contributed by atoms with van der Waals surface area (Å²) in [4.78, 5) is 37.9. The number of nitrogens with zero attached hydrogens (tertiary/aromatic N) is 4. The topological polar surface area (TPSA) is 86.6 Å². The maximum atomic E-state index is 13.3. The highest BCUT2D eigenvalue weighted by atomic mass is 16.3. The summed E-state index contributed by atoms with van der Waals surface area (Å²) in [5, 5.41) is 10.2. The smallest absolute Gasteiger partial charge is 0.255 e. The third-order valence-electron chi connectivity index (χ3n) is 5.62. The monoisotopic (exact) mass is 416 g/mol. The Balaban J connectivity index is 1.65. The first-order valence-electron chi connectivity index (χ1n) is 10.2. The highest BCUT2D eigenvalue weighted by Crippen LogP contribution is 2.30. The molecule has 4 rings (SSSR count). The number of benzene rings is 1. The molecule has 3 aromatic rings. The number of carbonyl (C=O) groups is 2. The van der Waals surface area contributed by atoms with Gasteiger partial charge in [-0.25, -0.2) is 0 Å². The van der Waals surface area contributed by atoms with E-state index in [1.54, 1.807) is 46.6 Å². The third-order valence-corrected chi connectivity index (χ3v) is 5.62. The van der Waals surface area contributed by atoms with Crippen LogP contribution in [0.3, 0.4) is 0 Å². The number of amides is 2. The molecule has 2 aromatic heterocycles. The van der Waals surface area contributed by atoms with Crippen molar-refractivity contribution in [3.63, 3.8) is 0 Å². The second-order valence-electron chi connectivity index (χ2n) is 7.53. The Bertz CT molecular complexity index is 1010. The second-order valence-corrected chi connectivity index (χ2v) is 7.53. The zero-order valence-corrected chi connectivity index (χ0v) is 17.0. The highest BCUT2D eigenvalue weighted by molar-refractivity contribution is 5.94. The molecule has 7 heteroatoms. The molecular formula is C24H24N4O3. The Morgan fingerprint density at radius 2 is 1.71 bits per heavy atom. The maximum absolute atomic E-state index is 13.3. The van der Waals surface area contributed by atoms with Crippen molar-refractivity contribution in [2.75, 3.05) is 19.8 Å². The summed E-state index contributed by atoms with van der Waals surface area (Å²) in [6.45, 7) is 0.334. The first kappa shape index (κ1) is 20.7. The maximum Gasteiger partial charge on any atom is 0.255 e. The summed E-state index contributed by atoms with van der Waals surface area (Å²) < 4.78 is 0. The fourth-order valence-corrected chi connectivity index (χ4v) is 4.00. The largest absolute Gasteiger partial charge is 0.394 e. The molecule has 1 aliphatic rings. The van der Waals surface area contributed by atoms with Crippen LogP contribution in [-0.2, 0) is 11.2 Å². The van der Waals surface area contributed by atoms with Crippen LogP contribution in [0.25, 0.3) is 0 Å². The van der Waals surface area contributed by atoms with Crippen LogP contribution in [0.15, 0.2) is 79.3 Å². The average Bonchev–Trinajstić information content (AvgIpc) is 2.84. The van der Waals surface area contributed by atoms with Gasteiger partial charge < -0.3 is 14.9 Å². The summed E-state index contributed by atoms with van der Waals surface area (Å²) >= 11 is 0. The first-order valence-corrected chi connectivity index (χ1v) is 10.2. The summed E-state index contributed by atoms with van der Waals surface area (Å²) in [5.41, 5.74) is 2.13. The van der Waals surface area contributed by atoms with E-state index in [0.717, 1.165) is 5.56 Å². The summed E-state index contributed by atoms with van der Waals surface area (Å²) in [7, 11) is 0. The lowest BCUT2D eigenvalue weighted by molar-refractivity contribution is -0.136. The van der Waals surface area contributed by atoms with Crippen molar-refractivity contribution in [3.8, 4) is 0 Å². The minimum absolute atomic E-state index is 0.108. The van der Waals surface area contributed by atoms with Gasteiger partial charge in [-0.15, -0.1) is 0 Å². The van der Waals surface area contributed by atoms with E-state index in [0.29, 0.717) is 17.8 Å². The van der Waals surface area contributed by atoms with Gasteiger partial charge in [0.05, 0.1) is 25.7 Å². The Labute approximate surface area is 181 Å². The standard InChI is InChI=1S/C24H24N4O3/c29-16-22-21(18-6-2-1-3-7-18)15-27(23(30)14-20-8-4-5-11-26-20)17-28(22)24(31)19-9-12-25-13-10-19/h1-13,21-22,29H,14-17H2/t21-,22-/m0/s1. The van der Waals surface area contributed by atoms with Crippen molar-refractivity contribution in [2.24, 2.45) is 0 Å².